The number of sulfonamides is 1. The number of hydrogen-bond acceptors (Lipinski definition) is 12. The van der Waals surface area contributed by atoms with Gasteiger partial charge in [0.1, 0.15) is 32.3 Å². The van der Waals surface area contributed by atoms with Crippen molar-refractivity contribution < 1.29 is 37.1 Å². The second-order valence-corrected chi connectivity index (χ2v) is 10.7. The highest BCUT2D eigenvalue weighted by molar-refractivity contribution is 7.90. The van der Waals surface area contributed by atoms with Gasteiger partial charge in [-0.3, -0.25) is 15.4 Å². The van der Waals surface area contributed by atoms with Crippen LogP contribution >= 0.6 is 23.2 Å². The molecule has 236 valence electrons. The Morgan fingerprint density at radius 2 is 1.69 bits per heavy atom. The van der Waals surface area contributed by atoms with E-state index in [0.29, 0.717) is 5.75 Å². The Hall–Kier alpha value is -5.19. The van der Waals surface area contributed by atoms with Gasteiger partial charge in [0.2, 0.25) is 11.8 Å². The maximum atomic E-state index is 12.5. The van der Waals surface area contributed by atoms with Gasteiger partial charge in [0.25, 0.3) is 15.7 Å². The third kappa shape index (κ3) is 9.40. The lowest BCUT2D eigenvalue weighted by molar-refractivity contribution is -0.383. The molecule has 3 aromatic carbocycles. The van der Waals surface area contributed by atoms with E-state index in [9.17, 15) is 28.1 Å². The molecule has 0 aliphatic carbocycles. The fourth-order valence-corrected chi connectivity index (χ4v) is 4.83. The SMILES string of the molecule is CCOC(=O)c1ccccc1S(=O)(=O)NC(=O)Nc1nc(Cl)cc(OC)n1.Nc1c([N+](=O)[O-])ccc(Oc2ccccc2)c1Cl. The molecule has 4 N–H and O–H groups in total. The summed E-state index contributed by atoms with van der Waals surface area (Å²) in [6.45, 7) is 1.65. The highest BCUT2D eigenvalue weighted by Gasteiger charge is 2.25. The van der Waals surface area contributed by atoms with Crippen LogP contribution in [-0.2, 0) is 14.8 Å². The van der Waals surface area contributed by atoms with E-state index in [0.717, 1.165) is 0 Å². The van der Waals surface area contributed by atoms with Crippen LogP contribution in [0.15, 0.2) is 77.7 Å². The van der Waals surface area contributed by atoms with Crippen LogP contribution in [0.25, 0.3) is 0 Å². The number of halogens is 2. The molecular formula is C27H24Cl2N6O9S. The number of hydrogen-bond donors (Lipinski definition) is 3. The summed E-state index contributed by atoms with van der Waals surface area (Å²) in [5, 5.41) is 12.8. The number of esters is 1. The van der Waals surface area contributed by atoms with Gasteiger partial charge in [0, 0.05) is 12.1 Å². The van der Waals surface area contributed by atoms with Gasteiger partial charge in [0.15, 0.2) is 0 Å². The van der Waals surface area contributed by atoms with Crippen LogP contribution in [0, 0.1) is 10.1 Å². The highest BCUT2D eigenvalue weighted by Crippen LogP contribution is 2.38. The summed E-state index contributed by atoms with van der Waals surface area (Å²) in [5.74, 6) is -0.174. The van der Waals surface area contributed by atoms with E-state index in [1.807, 2.05) is 6.07 Å². The third-order valence-electron chi connectivity index (χ3n) is 5.29. The van der Waals surface area contributed by atoms with Crippen molar-refractivity contribution in [3.8, 4) is 17.4 Å². The zero-order chi connectivity index (χ0) is 33.1. The van der Waals surface area contributed by atoms with Crippen molar-refractivity contribution in [3.63, 3.8) is 0 Å². The minimum atomic E-state index is -4.38. The maximum absolute atomic E-state index is 12.5. The standard InChI is InChI=1S/C15H15ClN4O6S.C12H9ClN2O3/c1-3-26-13(21)9-6-4-5-7-10(9)27(23,24)20-15(22)19-14-17-11(16)8-12(18-14)25-2;13-11-10(18-8-4-2-1-3-5-8)7-6-9(12(11)14)15(16)17/h4-8H,3H2,1-2H3,(H2,17,18,19,20,22);1-7H,14H2. The van der Waals surface area contributed by atoms with Crippen LogP contribution in [-0.4, -0.2) is 49.0 Å². The summed E-state index contributed by atoms with van der Waals surface area (Å²) in [4.78, 5) is 41.2. The first-order valence-corrected chi connectivity index (χ1v) is 14.7. The molecule has 0 saturated carbocycles. The number of carbonyl (C=O) groups is 2. The molecule has 4 aromatic rings. The molecule has 0 saturated heterocycles. The number of nitrogens with one attached hydrogen (secondary N) is 2. The van der Waals surface area contributed by atoms with Gasteiger partial charge in [-0.05, 0) is 37.3 Å². The molecular weight excluding hydrogens is 655 g/mol. The smallest absolute Gasteiger partial charge is 0.339 e. The molecule has 0 radical (unpaired) electrons. The normalized spacial score (nSPS) is 10.5. The minimum absolute atomic E-state index is 0.0207. The molecule has 0 fully saturated rings. The molecule has 2 amide bonds. The van der Waals surface area contributed by atoms with Crippen LogP contribution in [0.4, 0.5) is 22.1 Å². The minimum Gasteiger partial charge on any atom is -0.481 e. The lowest BCUT2D eigenvalue weighted by Gasteiger charge is -2.11. The van der Waals surface area contributed by atoms with Gasteiger partial charge in [-0.25, -0.2) is 27.7 Å². The van der Waals surface area contributed by atoms with Crippen molar-refractivity contribution in [2.45, 2.75) is 11.8 Å². The predicted molar refractivity (Wildman–Crippen MR) is 164 cm³/mol. The topological polar surface area (TPSA) is 215 Å². The van der Waals surface area contributed by atoms with Crippen LogP contribution in [0.3, 0.4) is 0 Å². The van der Waals surface area contributed by atoms with Crippen molar-refractivity contribution in [1.82, 2.24) is 14.7 Å². The number of para-hydroxylation sites is 1. The average molecular weight is 679 g/mol. The summed E-state index contributed by atoms with van der Waals surface area (Å²) in [7, 11) is -3.05. The number of nitrogen functional groups attached to an aromatic ring is 1. The number of ether oxygens (including phenoxy) is 3. The summed E-state index contributed by atoms with van der Waals surface area (Å²) in [6.07, 6.45) is 0. The second-order valence-electron chi connectivity index (χ2n) is 8.32. The number of methoxy groups -OCH3 is 1. The predicted octanol–water partition coefficient (Wildman–Crippen LogP) is 5.45. The number of carbonyl (C=O) groups excluding carboxylic acids is 2. The van der Waals surface area contributed by atoms with E-state index in [1.54, 1.807) is 35.9 Å². The Bertz CT molecular complexity index is 1810. The van der Waals surface area contributed by atoms with Gasteiger partial charge < -0.3 is 19.9 Å². The number of aromatic nitrogens is 2. The number of nitro groups is 1. The number of benzene rings is 3. The molecule has 0 aliphatic rings. The Balaban J connectivity index is 0.000000265. The van der Waals surface area contributed by atoms with Crippen LogP contribution < -0.4 is 25.2 Å². The lowest BCUT2D eigenvalue weighted by Crippen LogP contribution is -2.35. The number of rotatable bonds is 9. The summed E-state index contributed by atoms with van der Waals surface area (Å²) < 4.78 is 41.9. The van der Waals surface area contributed by atoms with Crippen molar-refractivity contribution in [2.24, 2.45) is 0 Å². The van der Waals surface area contributed by atoms with Crippen LogP contribution in [0.5, 0.6) is 17.4 Å². The lowest BCUT2D eigenvalue weighted by atomic mass is 10.2. The van der Waals surface area contributed by atoms with Crippen LogP contribution in [0.2, 0.25) is 10.2 Å². The molecule has 1 heterocycles. The number of nitrogens with two attached hydrogens (primary N) is 1. The van der Waals surface area contributed by atoms with Crippen molar-refractivity contribution in [2.75, 3.05) is 24.8 Å². The number of urea groups is 1. The summed E-state index contributed by atoms with van der Waals surface area (Å²) in [6, 6.07) is 17.1. The van der Waals surface area contributed by atoms with Gasteiger partial charge in [-0.1, -0.05) is 53.5 Å². The van der Waals surface area contributed by atoms with Gasteiger partial charge >= 0.3 is 12.0 Å². The Labute approximate surface area is 266 Å². The number of anilines is 2. The quantitative estimate of drug-likeness (QED) is 0.0662. The fraction of sp³-hybridized carbons (Fsp3) is 0.111. The fourth-order valence-electron chi connectivity index (χ4n) is 3.36. The van der Waals surface area contributed by atoms with Crippen molar-refractivity contribution >= 4 is 62.5 Å². The van der Waals surface area contributed by atoms with Gasteiger partial charge in [0.05, 0.1) is 24.2 Å². The molecule has 0 unspecified atom stereocenters. The largest absolute Gasteiger partial charge is 0.481 e. The Morgan fingerprint density at radius 3 is 2.33 bits per heavy atom. The van der Waals surface area contributed by atoms with E-state index in [1.165, 1.54) is 49.6 Å². The monoisotopic (exact) mass is 678 g/mol. The number of amides is 2. The molecule has 4 rings (SSSR count). The first-order chi connectivity index (χ1) is 21.4. The molecule has 1 aromatic heterocycles. The number of nitrogens with zero attached hydrogens (tertiary/aromatic N) is 3. The zero-order valence-corrected chi connectivity index (χ0v) is 25.7. The molecule has 0 atom stereocenters. The van der Waals surface area contributed by atoms with E-state index in [-0.39, 0.29) is 51.3 Å². The van der Waals surface area contributed by atoms with Gasteiger partial charge in [-0.2, -0.15) is 4.98 Å². The van der Waals surface area contributed by atoms with Crippen molar-refractivity contribution in [1.29, 1.82) is 0 Å². The van der Waals surface area contributed by atoms with E-state index in [2.05, 4.69) is 15.3 Å². The van der Waals surface area contributed by atoms with Gasteiger partial charge in [-0.15, -0.1) is 0 Å². The molecule has 15 nitrogen and oxygen atoms in total. The van der Waals surface area contributed by atoms with E-state index in [4.69, 9.17) is 43.1 Å². The van der Waals surface area contributed by atoms with E-state index < -0.39 is 31.8 Å². The van der Waals surface area contributed by atoms with E-state index >= 15 is 0 Å². The molecule has 0 aliphatic heterocycles. The average Bonchev–Trinajstić information content (AvgIpc) is 2.99. The first-order valence-electron chi connectivity index (χ1n) is 12.5. The Morgan fingerprint density at radius 1 is 1.02 bits per heavy atom. The third-order valence-corrected chi connectivity index (χ3v) is 7.27. The molecule has 18 heteroatoms. The first kappa shape index (κ1) is 34.3. The van der Waals surface area contributed by atoms with Crippen molar-refractivity contribution in [3.05, 3.63) is 98.6 Å². The summed E-state index contributed by atoms with van der Waals surface area (Å²) in [5.41, 5.74) is 5.04. The number of nitro benzene ring substituents is 1. The maximum Gasteiger partial charge on any atom is 0.339 e. The second kappa shape index (κ2) is 15.5. The highest BCUT2D eigenvalue weighted by atomic mass is 35.5. The van der Waals surface area contributed by atoms with Crippen LogP contribution in [0.1, 0.15) is 17.3 Å². The molecule has 0 bridgehead atoms. The Kier molecular flexibility index (Phi) is 11.8. The molecule has 45 heavy (non-hydrogen) atoms. The summed E-state index contributed by atoms with van der Waals surface area (Å²) >= 11 is 11.7. The molecule has 0 spiro atoms. The zero-order valence-electron chi connectivity index (χ0n) is 23.4.